The van der Waals surface area contributed by atoms with Crippen LogP contribution in [-0.4, -0.2) is 28.8 Å². The van der Waals surface area contributed by atoms with Gasteiger partial charge in [0.05, 0.1) is 6.54 Å². The summed E-state index contributed by atoms with van der Waals surface area (Å²) < 4.78 is 5.72. The van der Waals surface area contributed by atoms with E-state index in [9.17, 15) is 0 Å². The molecule has 2 rings (SSSR count). The Morgan fingerprint density at radius 3 is 2.39 bits per heavy atom. The van der Waals surface area contributed by atoms with Crippen molar-refractivity contribution in [3.8, 4) is 0 Å². The molecule has 1 aliphatic heterocycles. The molecule has 1 fully saturated rings. The Balaban J connectivity index is 1.92. The molecule has 0 saturated carbocycles. The summed E-state index contributed by atoms with van der Waals surface area (Å²) >= 11 is 0. The van der Waals surface area contributed by atoms with E-state index < -0.39 is 0 Å². The standard InChI is InChI=1S/C13H24N4O/c1-13(2,3)14-10-11-15-16-12(18-11)17-8-6-4-5-7-9-17/h14H,4-10H2,1-3H3. The predicted molar refractivity (Wildman–Crippen MR) is 71.6 cm³/mol. The van der Waals surface area contributed by atoms with E-state index in [1.54, 1.807) is 0 Å². The van der Waals surface area contributed by atoms with Crippen molar-refractivity contribution in [1.29, 1.82) is 0 Å². The summed E-state index contributed by atoms with van der Waals surface area (Å²) in [6.45, 7) is 9.07. The molecule has 18 heavy (non-hydrogen) atoms. The first-order chi connectivity index (χ1) is 8.54. The minimum Gasteiger partial charge on any atom is -0.407 e. The second kappa shape index (κ2) is 5.69. The third-order valence-corrected chi connectivity index (χ3v) is 3.10. The summed E-state index contributed by atoms with van der Waals surface area (Å²) in [6.07, 6.45) is 5.06. The fourth-order valence-corrected chi connectivity index (χ4v) is 2.05. The fraction of sp³-hybridized carbons (Fsp3) is 0.846. The van der Waals surface area contributed by atoms with Crippen LogP contribution in [0.1, 0.15) is 52.3 Å². The SMILES string of the molecule is CC(C)(C)NCc1nnc(N2CCCCCC2)o1. The van der Waals surface area contributed by atoms with Gasteiger partial charge in [-0.2, -0.15) is 0 Å². The van der Waals surface area contributed by atoms with E-state index >= 15 is 0 Å². The number of hydrogen-bond acceptors (Lipinski definition) is 5. The first kappa shape index (κ1) is 13.3. The number of nitrogens with one attached hydrogen (secondary N) is 1. The van der Waals surface area contributed by atoms with Gasteiger partial charge in [-0.3, -0.25) is 0 Å². The van der Waals surface area contributed by atoms with E-state index in [4.69, 9.17) is 4.42 Å². The van der Waals surface area contributed by atoms with E-state index in [1.807, 2.05) is 0 Å². The molecule has 0 aromatic carbocycles. The summed E-state index contributed by atoms with van der Waals surface area (Å²) in [4.78, 5) is 2.21. The average molecular weight is 252 g/mol. The van der Waals surface area contributed by atoms with Crippen LogP contribution in [0.3, 0.4) is 0 Å². The summed E-state index contributed by atoms with van der Waals surface area (Å²) in [5.41, 5.74) is 0.0667. The van der Waals surface area contributed by atoms with Crippen LogP contribution in [0, 0.1) is 0 Å². The van der Waals surface area contributed by atoms with E-state index in [-0.39, 0.29) is 5.54 Å². The van der Waals surface area contributed by atoms with Crippen LogP contribution in [0.4, 0.5) is 6.01 Å². The normalized spacial score (nSPS) is 17.8. The lowest BCUT2D eigenvalue weighted by Crippen LogP contribution is -2.35. The zero-order chi connectivity index (χ0) is 13.0. The maximum atomic E-state index is 5.72. The molecule has 1 aromatic heterocycles. The van der Waals surface area contributed by atoms with Crippen LogP contribution in [0.25, 0.3) is 0 Å². The molecule has 0 aliphatic carbocycles. The lowest BCUT2D eigenvalue weighted by molar-refractivity contribution is 0.380. The zero-order valence-corrected chi connectivity index (χ0v) is 11.7. The third-order valence-electron chi connectivity index (χ3n) is 3.10. The Hall–Kier alpha value is -1.10. The topological polar surface area (TPSA) is 54.2 Å². The second-order valence-electron chi connectivity index (χ2n) is 5.98. The van der Waals surface area contributed by atoms with Crippen molar-refractivity contribution in [1.82, 2.24) is 15.5 Å². The first-order valence-electron chi connectivity index (χ1n) is 6.87. The Bertz CT molecular complexity index is 361. The predicted octanol–water partition coefficient (Wildman–Crippen LogP) is 2.34. The Morgan fingerprint density at radius 1 is 1.11 bits per heavy atom. The monoisotopic (exact) mass is 252 g/mol. The molecule has 5 nitrogen and oxygen atoms in total. The summed E-state index contributed by atoms with van der Waals surface area (Å²) in [7, 11) is 0. The van der Waals surface area contributed by atoms with Gasteiger partial charge in [-0.05, 0) is 33.6 Å². The van der Waals surface area contributed by atoms with Gasteiger partial charge in [0, 0.05) is 18.6 Å². The first-order valence-corrected chi connectivity index (χ1v) is 6.87. The van der Waals surface area contributed by atoms with Crippen molar-refractivity contribution < 1.29 is 4.42 Å². The molecule has 0 amide bonds. The molecule has 0 unspecified atom stereocenters. The number of rotatable bonds is 3. The summed E-state index contributed by atoms with van der Waals surface area (Å²) in [6, 6.07) is 0.683. The van der Waals surface area contributed by atoms with Gasteiger partial charge in [-0.25, -0.2) is 0 Å². The van der Waals surface area contributed by atoms with Crippen LogP contribution >= 0.6 is 0 Å². The summed E-state index contributed by atoms with van der Waals surface area (Å²) in [5.74, 6) is 0.671. The van der Waals surface area contributed by atoms with Crippen molar-refractivity contribution >= 4 is 6.01 Å². The fourth-order valence-electron chi connectivity index (χ4n) is 2.05. The second-order valence-corrected chi connectivity index (χ2v) is 5.98. The quantitative estimate of drug-likeness (QED) is 0.895. The smallest absolute Gasteiger partial charge is 0.318 e. The van der Waals surface area contributed by atoms with E-state index in [1.165, 1.54) is 25.7 Å². The number of aromatic nitrogens is 2. The highest BCUT2D eigenvalue weighted by atomic mass is 16.4. The van der Waals surface area contributed by atoms with E-state index in [2.05, 4.69) is 41.2 Å². The van der Waals surface area contributed by atoms with Crippen LogP contribution in [0.5, 0.6) is 0 Å². The van der Waals surface area contributed by atoms with Crippen LogP contribution in [0.2, 0.25) is 0 Å². The van der Waals surface area contributed by atoms with Gasteiger partial charge in [-0.1, -0.05) is 17.9 Å². The van der Waals surface area contributed by atoms with Gasteiger partial charge >= 0.3 is 6.01 Å². The average Bonchev–Trinajstić information content (AvgIpc) is 2.60. The molecule has 102 valence electrons. The van der Waals surface area contributed by atoms with Crippen molar-refractivity contribution in [3.63, 3.8) is 0 Å². The molecule has 0 spiro atoms. The lowest BCUT2D eigenvalue weighted by atomic mass is 10.1. The van der Waals surface area contributed by atoms with Crippen molar-refractivity contribution in [2.75, 3.05) is 18.0 Å². The molecular weight excluding hydrogens is 228 g/mol. The minimum atomic E-state index is 0.0667. The molecule has 1 saturated heterocycles. The zero-order valence-electron chi connectivity index (χ0n) is 11.7. The lowest BCUT2D eigenvalue weighted by Gasteiger charge is -2.19. The van der Waals surface area contributed by atoms with Crippen molar-refractivity contribution in [2.45, 2.75) is 58.5 Å². The van der Waals surface area contributed by atoms with Crippen molar-refractivity contribution in [3.05, 3.63) is 5.89 Å². The molecule has 1 N–H and O–H groups in total. The molecule has 0 radical (unpaired) electrons. The Labute approximate surface area is 109 Å². The van der Waals surface area contributed by atoms with Gasteiger partial charge in [0.15, 0.2) is 0 Å². The van der Waals surface area contributed by atoms with Crippen molar-refractivity contribution in [2.24, 2.45) is 0 Å². The van der Waals surface area contributed by atoms with E-state index in [0.29, 0.717) is 18.5 Å². The molecule has 1 aromatic rings. The largest absolute Gasteiger partial charge is 0.407 e. The molecule has 5 heteroatoms. The minimum absolute atomic E-state index is 0.0667. The molecule has 2 heterocycles. The molecule has 0 bridgehead atoms. The van der Waals surface area contributed by atoms with Gasteiger partial charge in [0.1, 0.15) is 0 Å². The molecular formula is C13H24N4O. The van der Waals surface area contributed by atoms with Crippen LogP contribution < -0.4 is 10.2 Å². The van der Waals surface area contributed by atoms with Gasteiger partial charge < -0.3 is 14.6 Å². The highest BCUT2D eigenvalue weighted by Gasteiger charge is 2.17. The Morgan fingerprint density at radius 2 is 1.78 bits per heavy atom. The van der Waals surface area contributed by atoms with Crippen LogP contribution in [-0.2, 0) is 6.54 Å². The highest BCUT2D eigenvalue weighted by molar-refractivity contribution is 5.23. The van der Waals surface area contributed by atoms with E-state index in [0.717, 1.165) is 13.1 Å². The van der Waals surface area contributed by atoms with Crippen LogP contribution in [0.15, 0.2) is 4.42 Å². The molecule has 1 aliphatic rings. The van der Waals surface area contributed by atoms with Gasteiger partial charge in [0.2, 0.25) is 5.89 Å². The maximum Gasteiger partial charge on any atom is 0.318 e. The number of hydrogen-bond donors (Lipinski definition) is 1. The summed E-state index contributed by atoms with van der Waals surface area (Å²) in [5, 5.41) is 11.6. The molecule has 0 atom stereocenters. The Kier molecular flexibility index (Phi) is 4.22. The third kappa shape index (κ3) is 3.98. The number of nitrogens with zero attached hydrogens (tertiary/aromatic N) is 3. The maximum absolute atomic E-state index is 5.72. The highest BCUT2D eigenvalue weighted by Crippen LogP contribution is 2.18. The van der Waals surface area contributed by atoms with Gasteiger partial charge in [0.25, 0.3) is 0 Å². The van der Waals surface area contributed by atoms with Gasteiger partial charge in [-0.15, -0.1) is 5.10 Å². The number of anilines is 1.